The molecule has 1 heterocycles. The van der Waals surface area contributed by atoms with E-state index in [1.54, 1.807) is 18.2 Å². The predicted molar refractivity (Wildman–Crippen MR) is 82.0 cm³/mol. The standard InChI is InChI=1S/C15H14N2O4S/c18-13(19)7-21-11-3-1-2-10(6-11)12-8-22-15(16-12)17-14(20)9-4-5-9/h1-3,6,8-9H,4-5,7H2,(H,18,19)(H,16,17,20). The Labute approximate surface area is 130 Å². The molecule has 7 heteroatoms. The van der Waals surface area contributed by atoms with Crippen molar-refractivity contribution in [3.8, 4) is 17.0 Å². The summed E-state index contributed by atoms with van der Waals surface area (Å²) in [6.45, 7) is -0.386. The van der Waals surface area contributed by atoms with Crippen molar-refractivity contribution in [1.82, 2.24) is 4.98 Å². The molecule has 114 valence electrons. The van der Waals surface area contributed by atoms with Gasteiger partial charge in [0.15, 0.2) is 11.7 Å². The normalized spacial score (nSPS) is 13.6. The van der Waals surface area contributed by atoms with Gasteiger partial charge >= 0.3 is 5.97 Å². The third-order valence-corrected chi connectivity index (χ3v) is 3.93. The summed E-state index contributed by atoms with van der Waals surface area (Å²) < 4.78 is 5.15. The first kappa shape index (κ1) is 14.5. The van der Waals surface area contributed by atoms with Crippen LogP contribution in [-0.4, -0.2) is 28.6 Å². The Morgan fingerprint density at radius 3 is 2.95 bits per heavy atom. The molecule has 0 saturated heterocycles. The van der Waals surface area contributed by atoms with Crippen LogP contribution >= 0.6 is 11.3 Å². The molecular weight excluding hydrogens is 304 g/mol. The van der Waals surface area contributed by atoms with Crippen molar-refractivity contribution in [3.05, 3.63) is 29.6 Å². The maximum Gasteiger partial charge on any atom is 0.341 e. The summed E-state index contributed by atoms with van der Waals surface area (Å²) in [6, 6.07) is 7.04. The Morgan fingerprint density at radius 2 is 2.23 bits per heavy atom. The molecule has 1 saturated carbocycles. The summed E-state index contributed by atoms with van der Waals surface area (Å²) >= 11 is 1.36. The van der Waals surface area contributed by atoms with Gasteiger partial charge in [-0.15, -0.1) is 11.3 Å². The molecule has 1 fully saturated rings. The Balaban J connectivity index is 1.70. The molecule has 2 N–H and O–H groups in total. The Hall–Kier alpha value is -2.41. The summed E-state index contributed by atoms with van der Waals surface area (Å²) in [5.74, 6) is -0.389. The van der Waals surface area contributed by atoms with Crippen molar-refractivity contribution >= 4 is 28.3 Å². The van der Waals surface area contributed by atoms with Gasteiger partial charge in [-0.2, -0.15) is 0 Å². The van der Waals surface area contributed by atoms with E-state index in [9.17, 15) is 9.59 Å². The Bertz CT molecular complexity index is 709. The van der Waals surface area contributed by atoms with E-state index in [1.165, 1.54) is 11.3 Å². The highest BCUT2D eigenvalue weighted by molar-refractivity contribution is 7.14. The third kappa shape index (κ3) is 3.62. The maximum atomic E-state index is 11.7. The number of ether oxygens (including phenoxy) is 1. The van der Waals surface area contributed by atoms with Gasteiger partial charge in [0.05, 0.1) is 5.69 Å². The predicted octanol–water partition coefficient (Wildman–Crippen LogP) is 2.62. The number of aromatic nitrogens is 1. The third-order valence-electron chi connectivity index (χ3n) is 3.17. The van der Waals surface area contributed by atoms with Crippen LogP contribution in [0.15, 0.2) is 29.6 Å². The fourth-order valence-electron chi connectivity index (χ4n) is 1.91. The molecule has 1 aliphatic rings. The lowest BCUT2D eigenvalue weighted by Crippen LogP contribution is -2.12. The van der Waals surface area contributed by atoms with E-state index >= 15 is 0 Å². The number of aliphatic carboxylic acids is 1. The number of carbonyl (C=O) groups excluding carboxylic acids is 1. The smallest absolute Gasteiger partial charge is 0.341 e. The highest BCUT2D eigenvalue weighted by Crippen LogP contribution is 2.32. The monoisotopic (exact) mass is 318 g/mol. The number of carboxylic acid groups (broad SMARTS) is 1. The van der Waals surface area contributed by atoms with Gasteiger partial charge in [-0.3, -0.25) is 4.79 Å². The van der Waals surface area contributed by atoms with E-state index < -0.39 is 5.97 Å². The average Bonchev–Trinajstić information content (AvgIpc) is 3.26. The number of hydrogen-bond acceptors (Lipinski definition) is 5. The highest BCUT2D eigenvalue weighted by atomic mass is 32.1. The van der Waals surface area contributed by atoms with Gasteiger partial charge in [0, 0.05) is 16.9 Å². The zero-order valence-corrected chi connectivity index (χ0v) is 12.4. The zero-order chi connectivity index (χ0) is 15.5. The van der Waals surface area contributed by atoms with Crippen LogP contribution < -0.4 is 10.1 Å². The van der Waals surface area contributed by atoms with E-state index in [4.69, 9.17) is 9.84 Å². The molecule has 0 bridgehead atoms. The van der Waals surface area contributed by atoms with Crippen LogP contribution in [0.25, 0.3) is 11.3 Å². The van der Waals surface area contributed by atoms with E-state index in [2.05, 4.69) is 10.3 Å². The number of nitrogens with zero attached hydrogens (tertiary/aromatic N) is 1. The van der Waals surface area contributed by atoms with E-state index in [0.717, 1.165) is 24.1 Å². The van der Waals surface area contributed by atoms with Crippen molar-refractivity contribution < 1.29 is 19.4 Å². The molecule has 1 aromatic heterocycles. The molecule has 2 aromatic rings. The number of hydrogen-bond donors (Lipinski definition) is 2. The molecule has 6 nitrogen and oxygen atoms in total. The Morgan fingerprint density at radius 1 is 1.41 bits per heavy atom. The molecular formula is C15H14N2O4S. The van der Waals surface area contributed by atoms with Crippen molar-refractivity contribution in [3.63, 3.8) is 0 Å². The van der Waals surface area contributed by atoms with E-state index in [0.29, 0.717) is 10.9 Å². The largest absolute Gasteiger partial charge is 0.482 e. The number of rotatable bonds is 6. The van der Waals surface area contributed by atoms with Gasteiger partial charge in [-0.05, 0) is 25.0 Å². The summed E-state index contributed by atoms with van der Waals surface area (Å²) in [4.78, 5) is 26.6. The molecule has 22 heavy (non-hydrogen) atoms. The number of carbonyl (C=O) groups is 2. The molecule has 3 rings (SSSR count). The first-order valence-electron chi connectivity index (χ1n) is 6.83. The SMILES string of the molecule is O=C(O)COc1cccc(-c2csc(NC(=O)C3CC3)n2)c1. The first-order valence-corrected chi connectivity index (χ1v) is 7.71. The number of benzene rings is 1. The molecule has 0 atom stereocenters. The zero-order valence-electron chi connectivity index (χ0n) is 11.6. The lowest BCUT2D eigenvalue weighted by atomic mass is 10.2. The van der Waals surface area contributed by atoms with Gasteiger partial charge in [0.25, 0.3) is 0 Å². The number of nitrogens with one attached hydrogen (secondary N) is 1. The van der Waals surface area contributed by atoms with Crippen molar-refractivity contribution in [1.29, 1.82) is 0 Å². The lowest BCUT2D eigenvalue weighted by molar-refractivity contribution is -0.139. The number of thiazole rings is 1. The van der Waals surface area contributed by atoms with Gasteiger partial charge < -0.3 is 15.2 Å². The molecule has 1 amide bonds. The molecule has 0 unspecified atom stereocenters. The molecule has 1 aromatic carbocycles. The first-order chi connectivity index (χ1) is 10.6. The van der Waals surface area contributed by atoms with Gasteiger partial charge in [-0.1, -0.05) is 12.1 Å². The second kappa shape index (κ2) is 6.15. The second-order valence-corrected chi connectivity index (χ2v) is 5.87. The topological polar surface area (TPSA) is 88.5 Å². The summed E-state index contributed by atoms with van der Waals surface area (Å²) in [6.07, 6.45) is 1.90. The molecule has 0 radical (unpaired) electrons. The number of carboxylic acids is 1. The van der Waals surface area contributed by atoms with Gasteiger partial charge in [-0.25, -0.2) is 9.78 Å². The molecule has 0 aliphatic heterocycles. The second-order valence-electron chi connectivity index (χ2n) is 5.01. The van der Waals surface area contributed by atoms with Gasteiger partial charge in [0.1, 0.15) is 5.75 Å². The van der Waals surface area contributed by atoms with Crippen molar-refractivity contribution in [2.75, 3.05) is 11.9 Å². The van der Waals surface area contributed by atoms with E-state index in [1.807, 2.05) is 11.4 Å². The lowest BCUT2D eigenvalue weighted by Gasteiger charge is -2.04. The quantitative estimate of drug-likeness (QED) is 0.854. The molecule has 0 spiro atoms. The number of amides is 1. The van der Waals surface area contributed by atoms with E-state index in [-0.39, 0.29) is 18.4 Å². The number of anilines is 1. The van der Waals surface area contributed by atoms with Crippen LogP contribution in [0.3, 0.4) is 0 Å². The maximum absolute atomic E-state index is 11.7. The van der Waals surface area contributed by atoms with Crippen LogP contribution in [0.1, 0.15) is 12.8 Å². The van der Waals surface area contributed by atoms with Crippen molar-refractivity contribution in [2.45, 2.75) is 12.8 Å². The minimum Gasteiger partial charge on any atom is -0.482 e. The summed E-state index contributed by atoms with van der Waals surface area (Å²) in [5, 5.41) is 13.8. The Kier molecular flexibility index (Phi) is 4.06. The minimum absolute atomic E-state index is 0.0273. The molecule has 1 aliphatic carbocycles. The fraction of sp³-hybridized carbons (Fsp3) is 0.267. The van der Waals surface area contributed by atoms with Gasteiger partial charge in [0.2, 0.25) is 5.91 Å². The van der Waals surface area contributed by atoms with Crippen LogP contribution in [0.5, 0.6) is 5.75 Å². The van der Waals surface area contributed by atoms with Crippen LogP contribution in [0.4, 0.5) is 5.13 Å². The average molecular weight is 318 g/mol. The highest BCUT2D eigenvalue weighted by Gasteiger charge is 2.30. The summed E-state index contributed by atoms with van der Waals surface area (Å²) in [7, 11) is 0. The minimum atomic E-state index is -1.02. The van der Waals surface area contributed by atoms with Crippen LogP contribution in [-0.2, 0) is 9.59 Å². The van der Waals surface area contributed by atoms with Crippen LogP contribution in [0.2, 0.25) is 0 Å². The van der Waals surface area contributed by atoms with Crippen LogP contribution in [0, 0.1) is 5.92 Å². The van der Waals surface area contributed by atoms with Crippen molar-refractivity contribution in [2.24, 2.45) is 5.92 Å². The fourth-order valence-corrected chi connectivity index (χ4v) is 2.63. The summed E-state index contributed by atoms with van der Waals surface area (Å²) in [5.41, 5.74) is 1.53.